The van der Waals surface area contributed by atoms with Crippen molar-refractivity contribution in [3.8, 4) is 40.6 Å². The van der Waals surface area contributed by atoms with Gasteiger partial charge in [0, 0.05) is 32.7 Å². The first-order valence-corrected chi connectivity index (χ1v) is 28.8. The molecule has 4 rings (SSSR count). The predicted molar refractivity (Wildman–Crippen MR) is 221 cm³/mol. The van der Waals surface area contributed by atoms with Gasteiger partial charge in [-0.25, -0.2) is 0 Å². The number of terminal acetylenes is 1. The molecular weight excluding hydrogens is 808 g/mol. The van der Waals surface area contributed by atoms with E-state index in [1.165, 1.54) is 12.1 Å². The fourth-order valence-corrected chi connectivity index (χ4v) is 6.26. The summed E-state index contributed by atoms with van der Waals surface area (Å²) in [4.78, 5) is 0. The lowest BCUT2D eigenvalue weighted by Crippen LogP contribution is -2.28. The zero-order valence-electron chi connectivity index (χ0n) is 30.0. The second-order valence-electron chi connectivity index (χ2n) is 14.5. The van der Waals surface area contributed by atoms with Crippen LogP contribution in [-0.2, 0) is 10.1 Å². The molecule has 0 spiro atoms. The highest BCUT2D eigenvalue weighted by Gasteiger charge is 2.48. The molecule has 0 fully saturated rings. The minimum atomic E-state index is -5.78. The van der Waals surface area contributed by atoms with E-state index in [1.807, 2.05) is 24.3 Å². The normalized spacial score (nSPS) is 11.8. The van der Waals surface area contributed by atoms with Crippen LogP contribution in [0.1, 0.15) is 16.7 Å². The summed E-state index contributed by atoms with van der Waals surface area (Å²) in [5.74, 6) is 5.87. The Bertz CT molecular complexity index is 2150. The lowest BCUT2D eigenvalue weighted by atomic mass is 10.0. The monoisotopic (exact) mass is 844 g/mol. The molecule has 0 amide bonds. The first-order valence-electron chi connectivity index (χ1n) is 15.4. The molecule has 0 N–H and O–H groups in total. The summed E-state index contributed by atoms with van der Waals surface area (Å²) in [7, 11) is -9.76. The van der Waals surface area contributed by atoms with Crippen molar-refractivity contribution in [3.63, 3.8) is 0 Å². The van der Waals surface area contributed by atoms with E-state index in [1.54, 1.807) is 13.0 Å². The highest BCUT2D eigenvalue weighted by Crippen LogP contribution is 2.39. The van der Waals surface area contributed by atoms with Crippen molar-refractivity contribution in [2.75, 3.05) is 0 Å². The van der Waals surface area contributed by atoms with Crippen LogP contribution in [0.2, 0.25) is 79.0 Å². The molecule has 0 aliphatic carbocycles. The Morgan fingerprint density at radius 2 is 0.961 bits per heavy atom. The summed E-state index contributed by atoms with van der Waals surface area (Å²) >= 11 is 25.1. The molecule has 0 saturated carbocycles. The number of alkyl halides is 3. The van der Waals surface area contributed by atoms with E-state index in [2.05, 4.69) is 91.6 Å². The summed E-state index contributed by atoms with van der Waals surface area (Å²) in [6, 6.07) is 13.4. The first kappa shape index (κ1) is 44.6. The lowest BCUT2D eigenvalue weighted by molar-refractivity contribution is -0.0500. The van der Waals surface area contributed by atoms with Gasteiger partial charge in [-0.05, 0) is 36.8 Å². The molecule has 0 aromatic heterocycles. The average Bonchev–Trinajstić information content (AvgIpc) is 2.98. The van der Waals surface area contributed by atoms with Crippen LogP contribution in [0.5, 0.6) is 5.75 Å². The van der Waals surface area contributed by atoms with Gasteiger partial charge in [0.1, 0.15) is 24.2 Å². The van der Waals surface area contributed by atoms with Crippen molar-refractivity contribution >= 4 is 102 Å². The SMILES string of the molecule is C#C[Si](C)(C)C.C[Si](C)(C)C#Cc1ccc2c(Cl)c(C#C[Si](C)(C)C)ccc2c1Cl.Cc1ccc2c(Cl)c(OS(=O)(=O)C(F)(F)F)ccc2c1Cl. The molecule has 4 aromatic rings. The molecule has 0 heterocycles. The van der Waals surface area contributed by atoms with E-state index < -0.39 is 45.6 Å². The van der Waals surface area contributed by atoms with Crippen LogP contribution < -0.4 is 4.18 Å². The summed E-state index contributed by atoms with van der Waals surface area (Å²) in [6.07, 6.45) is 5.12. The van der Waals surface area contributed by atoms with E-state index in [4.69, 9.17) is 52.8 Å². The molecule has 0 atom stereocenters. The summed E-state index contributed by atoms with van der Waals surface area (Å²) < 4.78 is 63.0. The minimum Gasteiger partial charge on any atom is -0.374 e. The summed E-state index contributed by atoms with van der Waals surface area (Å²) in [6.45, 7) is 21.5. The lowest BCUT2D eigenvalue weighted by Gasteiger charge is -2.12. The third kappa shape index (κ3) is 13.1. The van der Waals surface area contributed by atoms with E-state index in [9.17, 15) is 21.6 Å². The molecule has 0 radical (unpaired) electrons. The zero-order chi connectivity index (χ0) is 39.3. The second kappa shape index (κ2) is 17.1. The summed E-state index contributed by atoms with van der Waals surface area (Å²) in [5.41, 5.74) is 6.41. The Hall–Kier alpha value is -2.57. The number of benzene rings is 4. The molecule has 51 heavy (non-hydrogen) atoms. The van der Waals surface area contributed by atoms with E-state index in [0.29, 0.717) is 25.8 Å². The van der Waals surface area contributed by atoms with Gasteiger partial charge in [-0.2, -0.15) is 21.6 Å². The molecule has 0 aliphatic heterocycles. The van der Waals surface area contributed by atoms with Gasteiger partial charge in [-0.15, -0.1) is 23.1 Å². The van der Waals surface area contributed by atoms with Crippen LogP contribution in [0.15, 0.2) is 48.5 Å². The van der Waals surface area contributed by atoms with Crippen LogP contribution in [0, 0.1) is 41.8 Å². The number of aryl methyl sites for hydroxylation is 1. The van der Waals surface area contributed by atoms with Crippen molar-refractivity contribution in [1.29, 1.82) is 0 Å². The molecule has 0 unspecified atom stereocenters. The third-order valence-corrected chi connectivity index (χ3v) is 11.6. The Labute approximate surface area is 323 Å². The molecule has 3 nitrogen and oxygen atoms in total. The summed E-state index contributed by atoms with van der Waals surface area (Å²) in [5, 5.41) is 4.10. The van der Waals surface area contributed by atoms with E-state index >= 15 is 0 Å². The van der Waals surface area contributed by atoms with Gasteiger partial charge >= 0.3 is 15.6 Å². The number of fused-ring (bicyclic) bond motifs is 2. The molecular formula is C37H39Cl4F3O3SSi3. The predicted octanol–water partition coefficient (Wildman–Crippen LogP) is 12.8. The van der Waals surface area contributed by atoms with Gasteiger partial charge < -0.3 is 4.18 Å². The van der Waals surface area contributed by atoms with Crippen LogP contribution in [-0.4, -0.2) is 38.1 Å². The number of halogens is 7. The van der Waals surface area contributed by atoms with Gasteiger partial charge in [-0.1, -0.05) is 141 Å². The molecule has 272 valence electrons. The van der Waals surface area contributed by atoms with Crippen molar-refractivity contribution in [2.24, 2.45) is 0 Å². The van der Waals surface area contributed by atoms with Gasteiger partial charge in [0.15, 0.2) is 5.75 Å². The highest BCUT2D eigenvalue weighted by atomic mass is 35.5. The topological polar surface area (TPSA) is 43.4 Å². The number of hydrogen-bond donors (Lipinski definition) is 0. The maximum absolute atomic E-state index is 12.3. The van der Waals surface area contributed by atoms with Crippen molar-refractivity contribution in [2.45, 2.75) is 71.4 Å². The second-order valence-corrected chi connectivity index (χ2v) is 31.8. The van der Waals surface area contributed by atoms with Gasteiger partial charge in [0.2, 0.25) is 0 Å². The molecule has 4 aromatic carbocycles. The van der Waals surface area contributed by atoms with Crippen LogP contribution in [0.3, 0.4) is 0 Å². The maximum atomic E-state index is 12.3. The number of rotatable bonds is 2. The van der Waals surface area contributed by atoms with Crippen LogP contribution in [0.4, 0.5) is 13.2 Å². The van der Waals surface area contributed by atoms with E-state index in [-0.39, 0.29) is 5.02 Å². The minimum absolute atomic E-state index is 0.262. The maximum Gasteiger partial charge on any atom is 0.534 e. The average molecular weight is 847 g/mol. The van der Waals surface area contributed by atoms with Crippen molar-refractivity contribution in [3.05, 3.63) is 85.3 Å². The van der Waals surface area contributed by atoms with Gasteiger partial charge in [0.25, 0.3) is 0 Å². The first-order chi connectivity index (χ1) is 23.1. The molecule has 0 saturated heterocycles. The standard InChI is InChI=1S/C20H22Cl2Si2.C12H7Cl2F3O3S.C5H10Si/c1-23(2,3)13-11-15-7-9-18-17(19(15)21)10-8-16(20(18)22)12-14-24(4,5)6;1-6-2-3-8-7(10(6)13)4-5-9(11(8)14)20-21(18,19)12(15,16)17;1-5-6(2,3)4/h7-10H,1-6H3;2-5H,1H3;1H,2-4H3. The Morgan fingerprint density at radius 1 is 0.608 bits per heavy atom. The Morgan fingerprint density at radius 3 is 1.33 bits per heavy atom. The largest absolute Gasteiger partial charge is 0.534 e. The van der Waals surface area contributed by atoms with E-state index in [0.717, 1.165) is 33.5 Å². The van der Waals surface area contributed by atoms with Crippen molar-refractivity contribution < 1.29 is 25.8 Å². The smallest absolute Gasteiger partial charge is 0.374 e. The number of hydrogen-bond acceptors (Lipinski definition) is 3. The van der Waals surface area contributed by atoms with Crippen LogP contribution >= 0.6 is 46.4 Å². The Balaban J connectivity index is 0.000000307. The fourth-order valence-electron chi connectivity index (χ4n) is 3.69. The third-order valence-electron chi connectivity index (χ3n) is 6.36. The highest BCUT2D eigenvalue weighted by molar-refractivity contribution is 7.88. The molecule has 0 bridgehead atoms. The quantitative estimate of drug-likeness (QED) is 0.0874. The van der Waals surface area contributed by atoms with Crippen molar-refractivity contribution in [1.82, 2.24) is 0 Å². The zero-order valence-corrected chi connectivity index (χ0v) is 36.8. The molecule has 14 heteroatoms. The van der Waals surface area contributed by atoms with Gasteiger partial charge in [0.05, 0.1) is 20.1 Å². The van der Waals surface area contributed by atoms with Crippen LogP contribution in [0.25, 0.3) is 21.5 Å². The Kier molecular flexibility index (Phi) is 14.9. The van der Waals surface area contributed by atoms with Gasteiger partial charge in [-0.3, -0.25) is 0 Å². The fraction of sp³-hybridized carbons (Fsp3) is 0.297. The molecule has 0 aliphatic rings.